The van der Waals surface area contributed by atoms with E-state index in [-0.39, 0.29) is 12.6 Å². The average Bonchev–Trinajstić information content (AvgIpc) is 2.78. The number of hydrogen-bond acceptors (Lipinski definition) is 3. The highest BCUT2D eigenvalue weighted by Crippen LogP contribution is 2.32. The number of hydrogen-bond donors (Lipinski definition) is 1. The molecule has 0 saturated carbocycles. The van der Waals surface area contributed by atoms with Crippen LogP contribution in [0.2, 0.25) is 0 Å². The molecule has 0 radical (unpaired) electrons. The van der Waals surface area contributed by atoms with Crippen LogP contribution in [0.3, 0.4) is 0 Å². The molecule has 1 fully saturated rings. The minimum atomic E-state index is -0.757. The molecule has 1 aliphatic heterocycles. The molecular formula is C14H19NO3. The second-order valence-electron chi connectivity index (χ2n) is 4.52. The van der Waals surface area contributed by atoms with Gasteiger partial charge in [-0.25, -0.2) is 0 Å². The molecule has 4 heteroatoms. The van der Waals surface area contributed by atoms with Crippen LogP contribution in [0.25, 0.3) is 0 Å². The van der Waals surface area contributed by atoms with Gasteiger partial charge in [0.25, 0.3) is 0 Å². The van der Waals surface area contributed by atoms with Crippen molar-refractivity contribution in [1.82, 2.24) is 4.90 Å². The fraction of sp³-hybridized carbons (Fsp3) is 0.500. The Morgan fingerprint density at radius 2 is 2.17 bits per heavy atom. The summed E-state index contributed by atoms with van der Waals surface area (Å²) in [5.74, 6) is 0.108. The van der Waals surface area contributed by atoms with E-state index in [1.54, 1.807) is 0 Å². The van der Waals surface area contributed by atoms with Gasteiger partial charge in [-0.1, -0.05) is 12.1 Å². The van der Waals surface area contributed by atoms with Crippen LogP contribution in [-0.2, 0) is 4.79 Å². The highest BCUT2D eigenvalue weighted by Gasteiger charge is 2.27. The van der Waals surface area contributed by atoms with Crippen molar-refractivity contribution in [2.75, 3.05) is 19.7 Å². The second kappa shape index (κ2) is 5.87. The highest BCUT2D eigenvalue weighted by atomic mass is 16.5. The zero-order valence-corrected chi connectivity index (χ0v) is 10.6. The van der Waals surface area contributed by atoms with Crippen LogP contribution >= 0.6 is 0 Å². The lowest BCUT2D eigenvalue weighted by atomic mass is 10.0. The molecule has 1 aliphatic rings. The molecule has 1 atom stereocenters. The summed E-state index contributed by atoms with van der Waals surface area (Å²) in [5.41, 5.74) is 1.18. The largest absolute Gasteiger partial charge is 0.494 e. The maximum atomic E-state index is 10.8. The normalized spacial score (nSPS) is 19.9. The van der Waals surface area contributed by atoms with E-state index in [4.69, 9.17) is 9.84 Å². The second-order valence-corrected chi connectivity index (χ2v) is 4.52. The van der Waals surface area contributed by atoms with E-state index in [9.17, 15) is 4.79 Å². The van der Waals surface area contributed by atoms with Gasteiger partial charge in [-0.3, -0.25) is 9.69 Å². The van der Waals surface area contributed by atoms with Gasteiger partial charge in [0, 0.05) is 6.04 Å². The molecule has 1 aromatic rings. The zero-order chi connectivity index (χ0) is 13.0. The Labute approximate surface area is 107 Å². The summed E-state index contributed by atoms with van der Waals surface area (Å²) < 4.78 is 5.41. The summed E-state index contributed by atoms with van der Waals surface area (Å²) in [6.07, 6.45) is 2.09. The SMILES string of the molecule is CCOc1ccc([C@@H]2CCCN2CC(=O)O)cc1. The molecule has 0 amide bonds. The number of aliphatic carboxylic acids is 1. The van der Waals surface area contributed by atoms with Crippen LogP contribution in [0.4, 0.5) is 0 Å². The number of carboxylic acid groups (broad SMARTS) is 1. The minimum Gasteiger partial charge on any atom is -0.494 e. The van der Waals surface area contributed by atoms with Crippen molar-refractivity contribution >= 4 is 5.97 Å². The summed E-state index contributed by atoms with van der Waals surface area (Å²) in [5, 5.41) is 8.89. The van der Waals surface area contributed by atoms with Crippen molar-refractivity contribution in [1.29, 1.82) is 0 Å². The molecule has 0 aromatic heterocycles. The van der Waals surface area contributed by atoms with Gasteiger partial charge in [-0.05, 0) is 44.0 Å². The molecule has 4 nitrogen and oxygen atoms in total. The van der Waals surface area contributed by atoms with Crippen molar-refractivity contribution in [2.24, 2.45) is 0 Å². The molecule has 18 heavy (non-hydrogen) atoms. The van der Waals surface area contributed by atoms with E-state index in [0.717, 1.165) is 25.1 Å². The van der Waals surface area contributed by atoms with E-state index in [1.807, 2.05) is 36.1 Å². The predicted octanol–water partition coefficient (Wildman–Crippen LogP) is 2.31. The molecule has 1 aromatic carbocycles. The Kier molecular flexibility index (Phi) is 4.20. The van der Waals surface area contributed by atoms with Gasteiger partial charge >= 0.3 is 5.97 Å². The topological polar surface area (TPSA) is 49.8 Å². The van der Waals surface area contributed by atoms with Crippen molar-refractivity contribution in [2.45, 2.75) is 25.8 Å². The van der Waals surface area contributed by atoms with Crippen LogP contribution in [0.5, 0.6) is 5.75 Å². The monoisotopic (exact) mass is 249 g/mol. The van der Waals surface area contributed by atoms with Crippen LogP contribution < -0.4 is 4.74 Å². The number of nitrogens with zero attached hydrogens (tertiary/aromatic N) is 1. The fourth-order valence-electron chi connectivity index (χ4n) is 2.52. The average molecular weight is 249 g/mol. The number of likely N-dealkylation sites (tertiary alicyclic amines) is 1. The smallest absolute Gasteiger partial charge is 0.317 e. The molecule has 1 N–H and O–H groups in total. The van der Waals surface area contributed by atoms with Crippen molar-refractivity contribution in [3.8, 4) is 5.75 Å². The molecule has 1 heterocycles. The lowest BCUT2D eigenvalue weighted by Crippen LogP contribution is -2.29. The van der Waals surface area contributed by atoms with E-state index in [2.05, 4.69) is 0 Å². The zero-order valence-electron chi connectivity index (χ0n) is 10.6. The first kappa shape index (κ1) is 12.9. The van der Waals surface area contributed by atoms with Crippen molar-refractivity contribution < 1.29 is 14.6 Å². The van der Waals surface area contributed by atoms with E-state index in [1.165, 1.54) is 5.56 Å². The number of ether oxygens (including phenoxy) is 1. The maximum Gasteiger partial charge on any atom is 0.317 e. The Hall–Kier alpha value is -1.55. The van der Waals surface area contributed by atoms with Gasteiger partial charge in [0.2, 0.25) is 0 Å². The Balaban J connectivity index is 2.07. The Morgan fingerprint density at radius 1 is 1.44 bits per heavy atom. The third-order valence-electron chi connectivity index (χ3n) is 3.28. The fourth-order valence-corrected chi connectivity index (χ4v) is 2.52. The summed E-state index contributed by atoms with van der Waals surface area (Å²) >= 11 is 0. The lowest BCUT2D eigenvalue weighted by Gasteiger charge is -2.23. The molecule has 2 rings (SSSR count). The van der Waals surface area contributed by atoms with Gasteiger partial charge in [0.15, 0.2) is 0 Å². The van der Waals surface area contributed by atoms with Gasteiger partial charge in [0.05, 0.1) is 13.2 Å². The lowest BCUT2D eigenvalue weighted by molar-refractivity contribution is -0.138. The molecule has 0 bridgehead atoms. The van der Waals surface area contributed by atoms with E-state index in [0.29, 0.717) is 6.61 Å². The highest BCUT2D eigenvalue weighted by molar-refractivity contribution is 5.69. The number of carbonyl (C=O) groups is 1. The van der Waals surface area contributed by atoms with Crippen LogP contribution in [-0.4, -0.2) is 35.7 Å². The Morgan fingerprint density at radius 3 is 2.78 bits per heavy atom. The first-order chi connectivity index (χ1) is 8.70. The number of rotatable bonds is 5. The van der Waals surface area contributed by atoms with Gasteiger partial charge < -0.3 is 9.84 Å². The molecule has 1 saturated heterocycles. The predicted molar refractivity (Wildman–Crippen MR) is 68.8 cm³/mol. The summed E-state index contributed by atoms with van der Waals surface area (Å²) in [4.78, 5) is 12.8. The third-order valence-corrected chi connectivity index (χ3v) is 3.28. The van der Waals surface area contributed by atoms with Crippen LogP contribution in [0.1, 0.15) is 31.4 Å². The Bertz CT molecular complexity index is 402. The van der Waals surface area contributed by atoms with Gasteiger partial charge in [-0.15, -0.1) is 0 Å². The van der Waals surface area contributed by atoms with Crippen LogP contribution in [0.15, 0.2) is 24.3 Å². The van der Waals surface area contributed by atoms with Gasteiger partial charge in [-0.2, -0.15) is 0 Å². The van der Waals surface area contributed by atoms with E-state index >= 15 is 0 Å². The van der Waals surface area contributed by atoms with E-state index < -0.39 is 5.97 Å². The molecule has 0 spiro atoms. The third kappa shape index (κ3) is 3.01. The maximum absolute atomic E-state index is 10.8. The van der Waals surface area contributed by atoms with Crippen molar-refractivity contribution in [3.05, 3.63) is 29.8 Å². The molecular weight excluding hydrogens is 230 g/mol. The molecule has 0 aliphatic carbocycles. The quantitative estimate of drug-likeness (QED) is 0.870. The van der Waals surface area contributed by atoms with Crippen LogP contribution in [0, 0.1) is 0 Å². The summed E-state index contributed by atoms with van der Waals surface area (Å²) in [6, 6.07) is 8.22. The first-order valence-corrected chi connectivity index (χ1v) is 6.39. The van der Waals surface area contributed by atoms with Gasteiger partial charge in [0.1, 0.15) is 5.75 Å². The number of carboxylic acids is 1. The summed E-state index contributed by atoms with van der Waals surface area (Å²) in [7, 11) is 0. The molecule has 98 valence electrons. The number of benzene rings is 1. The standard InChI is InChI=1S/C14H19NO3/c1-2-18-12-7-5-11(6-8-12)13-4-3-9-15(13)10-14(16)17/h5-8,13H,2-4,9-10H2,1H3,(H,16,17)/t13-/m0/s1. The first-order valence-electron chi connectivity index (χ1n) is 6.39. The summed E-state index contributed by atoms with van der Waals surface area (Å²) in [6.45, 7) is 3.61. The molecule has 0 unspecified atom stereocenters. The van der Waals surface area contributed by atoms with Crippen molar-refractivity contribution in [3.63, 3.8) is 0 Å². The minimum absolute atomic E-state index is 0.123.